The molecule has 0 saturated carbocycles. The fourth-order valence-corrected chi connectivity index (χ4v) is 3.74. The number of benzene rings is 3. The molecule has 0 bridgehead atoms. The number of nitrogens with one attached hydrogen (secondary N) is 2. The van der Waals surface area contributed by atoms with Gasteiger partial charge in [0.05, 0.1) is 24.4 Å². The van der Waals surface area contributed by atoms with Gasteiger partial charge < -0.3 is 24.8 Å². The zero-order chi connectivity index (χ0) is 23.9. The predicted octanol–water partition coefficient (Wildman–Crippen LogP) is 4.78. The third kappa shape index (κ3) is 5.68. The molecule has 3 aromatic rings. The van der Waals surface area contributed by atoms with Gasteiger partial charge in [0, 0.05) is 5.02 Å². The van der Waals surface area contributed by atoms with E-state index in [-0.39, 0.29) is 18.8 Å². The van der Waals surface area contributed by atoms with Crippen molar-refractivity contribution >= 4 is 23.6 Å². The van der Waals surface area contributed by atoms with E-state index in [9.17, 15) is 9.59 Å². The molecule has 34 heavy (non-hydrogen) atoms. The molecule has 0 radical (unpaired) electrons. The first-order chi connectivity index (χ1) is 16.5. The van der Waals surface area contributed by atoms with E-state index in [1.807, 2.05) is 30.3 Å². The van der Waals surface area contributed by atoms with Gasteiger partial charge in [-0.3, -0.25) is 0 Å². The molecule has 1 aliphatic rings. The molecular formula is C26H23ClN2O5. The number of halogens is 1. The number of carbonyl (C=O) groups excluding carboxylic acids is 2. The Hall–Kier alpha value is -3.97. The average Bonchev–Trinajstić information content (AvgIpc) is 2.86. The highest BCUT2D eigenvalue weighted by Crippen LogP contribution is 2.30. The van der Waals surface area contributed by atoms with Crippen LogP contribution in [0, 0.1) is 0 Å². The SMILES string of the molecule is COc1cccc(C2NC(=O)NC(COc3cccc(Cl)c3)=C2C(=O)OCc2ccccc2)c1. The van der Waals surface area contributed by atoms with E-state index in [1.165, 1.54) is 0 Å². The Bertz CT molecular complexity index is 1210. The number of urea groups is 1. The largest absolute Gasteiger partial charge is 0.497 e. The highest BCUT2D eigenvalue weighted by molar-refractivity contribution is 6.30. The van der Waals surface area contributed by atoms with Crippen molar-refractivity contribution in [1.29, 1.82) is 0 Å². The molecule has 2 N–H and O–H groups in total. The molecule has 4 rings (SSSR count). The zero-order valence-electron chi connectivity index (χ0n) is 18.4. The van der Waals surface area contributed by atoms with Crippen molar-refractivity contribution in [2.24, 2.45) is 0 Å². The summed E-state index contributed by atoms with van der Waals surface area (Å²) in [5.74, 6) is 0.524. The van der Waals surface area contributed by atoms with Gasteiger partial charge in [-0.1, -0.05) is 60.1 Å². The Morgan fingerprint density at radius 1 is 0.941 bits per heavy atom. The molecule has 0 spiro atoms. The number of amides is 2. The van der Waals surface area contributed by atoms with Crippen LogP contribution < -0.4 is 20.1 Å². The van der Waals surface area contributed by atoms with Crippen molar-refractivity contribution in [2.45, 2.75) is 12.6 Å². The number of carbonyl (C=O) groups is 2. The summed E-state index contributed by atoms with van der Waals surface area (Å²) in [7, 11) is 1.55. The lowest BCUT2D eigenvalue weighted by Crippen LogP contribution is -2.47. The number of rotatable bonds is 8. The summed E-state index contributed by atoms with van der Waals surface area (Å²) in [5.41, 5.74) is 2.06. The molecule has 1 atom stereocenters. The molecule has 8 heteroatoms. The van der Waals surface area contributed by atoms with Crippen molar-refractivity contribution < 1.29 is 23.8 Å². The minimum absolute atomic E-state index is 0.0655. The van der Waals surface area contributed by atoms with E-state index in [4.69, 9.17) is 25.8 Å². The van der Waals surface area contributed by atoms with Crippen LogP contribution in [0.5, 0.6) is 11.5 Å². The summed E-state index contributed by atoms with van der Waals surface area (Å²) in [4.78, 5) is 25.8. The molecule has 1 unspecified atom stereocenters. The van der Waals surface area contributed by atoms with Crippen LogP contribution in [0.15, 0.2) is 90.1 Å². The minimum atomic E-state index is -0.759. The highest BCUT2D eigenvalue weighted by atomic mass is 35.5. The highest BCUT2D eigenvalue weighted by Gasteiger charge is 2.34. The summed E-state index contributed by atoms with van der Waals surface area (Å²) >= 11 is 6.04. The lowest BCUT2D eigenvalue weighted by atomic mass is 9.95. The monoisotopic (exact) mass is 478 g/mol. The number of hydrogen-bond donors (Lipinski definition) is 2. The van der Waals surface area contributed by atoms with Crippen molar-refractivity contribution in [3.05, 3.63) is 106 Å². The lowest BCUT2D eigenvalue weighted by Gasteiger charge is -2.29. The third-order valence-corrected chi connectivity index (χ3v) is 5.43. The molecule has 1 heterocycles. The first kappa shape index (κ1) is 23.2. The molecule has 0 saturated heterocycles. The normalized spacial score (nSPS) is 15.2. The standard InChI is InChI=1S/C26H23ClN2O5/c1-32-20-11-5-9-18(13-20)24-23(25(30)34-15-17-7-3-2-4-8-17)22(28-26(31)29-24)16-33-21-12-6-10-19(27)14-21/h2-14,24H,15-16H2,1H3,(H2,28,29,31). The van der Waals surface area contributed by atoms with Crippen molar-refractivity contribution in [2.75, 3.05) is 13.7 Å². The Labute approximate surface area is 202 Å². The van der Waals surface area contributed by atoms with E-state index in [0.29, 0.717) is 27.8 Å². The second-order valence-electron chi connectivity index (χ2n) is 7.51. The van der Waals surface area contributed by atoms with Crippen LogP contribution in [-0.4, -0.2) is 25.7 Å². The van der Waals surface area contributed by atoms with Gasteiger partial charge in [-0.05, 0) is 41.5 Å². The predicted molar refractivity (Wildman–Crippen MR) is 128 cm³/mol. The Kier molecular flexibility index (Phi) is 7.34. The van der Waals surface area contributed by atoms with Gasteiger partial charge in [0.25, 0.3) is 0 Å². The zero-order valence-corrected chi connectivity index (χ0v) is 19.2. The van der Waals surface area contributed by atoms with Crippen LogP contribution in [-0.2, 0) is 16.1 Å². The average molecular weight is 479 g/mol. The summed E-state index contributed by atoms with van der Waals surface area (Å²) in [5, 5.41) is 6.02. The van der Waals surface area contributed by atoms with Crippen LogP contribution >= 0.6 is 11.6 Å². The maximum atomic E-state index is 13.3. The molecular weight excluding hydrogens is 456 g/mol. The Balaban J connectivity index is 1.67. The molecule has 0 fully saturated rings. The maximum Gasteiger partial charge on any atom is 0.338 e. The van der Waals surface area contributed by atoms with Crippen LogP contribution in [0.1, 0.15) is 17.2 Å². The van der Waals surface area contributed by atoms with Crippen LogP contribution in [0.4, 0.5) is 4.79 Å². The fourth-order valence-electron chi connectivity index (χ4n) is 3.56. The topological polar surface area (TPSA) is 85.9 Å². The van der Waals surface area contributed by atoms with Gasteiger partial charge in [-0.15, -0.1) is 0 Å². The van der Waals surface area contributed by atoms with E-state index >= 15 is 0 Å². The number of ether oxygens (including phenoxy) is 3. The van der Waals surface area contributed by atoms with Gasteiger partial charge in [0.1, 0.15) is 24.7 Å². The maximum absolute atomic E-state index is 13.3. The van der Waals surface area contributed by atoms with Gasteiger partial charge in [0.15, 0.2) is 0 Å². The van der Waals surface area contributed by atoms with Crippen LogP contribution in [0.2, 0.25) is 5.02 Å². The minimum Gasteiger partial charge on any atom is -0.497 e. The summed E-state index contributed by atoms with van der Waals surface area (Å²) in [6, 6.07) is 22.1. The second kappa shape index (κ2) is 10.8. The Morgan fingerprint density at radius 3 is 2.47 bits per heavy atom. The van der Waals surface area contributed by atoms with Crippen LogP contribution in [0.25, 0.3) is 0 Å². The van der Waals surface area contributed by atoms with Gasteiger partial charge in [-0.2, -0.15) is 0 Å². The molecule has 0 aromatic heterocycles. The Morgan fingerprint density at radius 2 is 1.71 bits per heavy atom. The molecule has 0 aliphatic carbocycles. The summed E-state index contributed by atoms with van der Waals surface area (Å²) < 4.78 is 16.8. The quantitative estimate of drug-likeness (QED) is 0.455. The molecule has 2 amide bonds. The summed E-state index contributed by atoms with van der Waals surface area (Å²) in [6.07, 6.45) is 0. The number of methoxy groups -OCH3 is 1. The van der Waals surface area contributed by atoms with Gasteiger partial charge in [0.2, 0.25) is 0 Å². The van der Waals surface area contributed by atoms with Gasteiger partial charge >= 0.3 is 12.0 Å². The first-order valence-electron chi connectivity index (χ1n) is 10.6. The summed E-state index contributed by atoms with van der Waals surface area (Å²) in [6.45, 7) is 0.0222. The molecule has 174 valence electrons. The molecule has 1 aliphatic heterocycles. The van der Waals surface area contributed by atoms with Crippen molar-refractivity contribution in [3.63, 3.8) is 0 Å². The second-order valence-corrected chi connectivity index (χ2v) is 7.94. The third-order valence-electron chi connectivity index (χ3n) is 5.19. The van der Waals surface area contributed by atoms with Crippen molar-refractivity contribution in [3.8, 4) is 11.5 Å². The smallest absolute Gasteiger partial charge is 0.338 e. The lowest BCUT2D eigenvalue weighted by molar-refractivity contribution is -0.140. The van der Waals surface area contributed by atoms with Crippen molar-refractivity contribution in [1.82, 2.24) is 10.6 Å². The van der Waals surface area contributed by atoms with E-state index in [0.717, 1.165) is 5.56 Å². The fraction of sp³-hybridized carbons (Fsp3) is 0.154. The van der Waals surface area contributed by atoms with E-state index in [1.54, 1.807) is 55.6 Å². The molecule has 7 nitrogen and oxygen atoms in total. The van der Waals surface area contributed by atoms with Gasteiger partial charge in [-0.25, -0.2) is 9.59 Å². The molecule has 3 aromatic carbocycles. The van der Waals surface area contributed by atoms with E-state index < -0.39 is 18.0 Å². The first-order valence-corrected chi connectivity index (χ1v) is 10.9. The number of hydrogen-bond acceptors (Lipinski definition) is 5. The van der Waals surface area contributed by atoms with E-state index in [2.05, 4.69) is 10.6 Å². The number of esters is 1. The van der Waals surface area contributed by atoms with Crippen LogP contribution in [0.3, 0.4) is 0 Å².